The number of aldehydes is 1. The molecule has 8 atom stereocenters. The summed E-state index contributed by atoms with van der Waals surface area (Å²) in [6, 6.07) is 7.72. The molecule has 0 aromatic carbocycles. The van der Waals surface area contributed by atoms with Crippen LogP contribution in [0.1, 0.15) is 224 Å². The summed E-state index contributed by atoms with van der Waals surface area (Å²) in [5.74, 6) is 2.71. The van der Waals surface area contributed by atoms with E-state index in [0.29, 0.717) is 31.1 Å². The number of hydrogen-bond acceptors (Lipinski definition) is 19. The van der Waals surface area contributed by atoms with Crippen molar-refractivity contribution in [1.82, 2.24) is 9.88 Å². The molecule has 25 heteroatoms. The molecule has 562 valence electrons. The van der Waals surface area contributed by atoms with Crippen molar-refractivity contribution >= 4 is 51.4 Å². The van der Waals surface area contributed by atoms with Gasteiger partial charge in [0, 0.05) is 59.9 Å². The predicted molar refractivity (Wildman–Crippen MR) is 379 cm³/mol. The van der Waals surface area contributed by atoms with Gasteiger partial charge in [-0.25, -0.2) is 12.8 Å². The van der Waals surface area contributed by atoms with Crippen LogP contribution in [-0.2, 0) is 40.5 Å². The van der Waals surface area contributed by atoms with E-state index in [1.807, 2.05) is 150 Å². The van der Waals surface area contributed by atoms with Gasteiger partial charge in [0.05, 0.1) is 31.0 Å². The Balaban J connectivity index is -0.000000126. The molecule has 1 aromatic heterocycles. The number of nitrogens with two attached hydrogens (primary N) is 1. The molecule has 2 heterocycles. The number of nitriles is 1. The van der Waals surface area contributed by atoms with E-state index < -0.39 is 70.7 Å². The Morgan fingerprint density at radius 3 is 1.24 bits per heavy atom. The van der Waals surface area contributed by atoms with Crippen LogP contribution < -0.4 is 35.3 Å². The number of carbonyl (C=O) groups is 5. The van der Waals surface area contributed by atoms with Crippen LogP contribution in [0.2, 0.25) is 0 Å². The number of terminal acetylenes is 1. The number of hydrogen-bond donors (Lipinski definition) is 10. The number of halogens is 2. The number of aliphatic hydroxyl groups is 9. The predicted octanol–water partition coefficient (Wildman–Crippen LogP) is 6.65. The molecule has 0 radical (unpaired) electrons. The Hall–Kier alpha value is -3.08. The monoisotopic (exact) mass is 1420 g/mol. The quantitative estimate of drug-likeness (QED) is 0.0202. The summed E-state index contributed by atoms with van der Waals surface area (Å²) in [5.41, 5.74) is 3.65. The van der Waals surface area contributed by atoms with Crippen molar-refractivity contribution in [3.8, 4) is 18.4 Å². The Kier molecular flexibility index (Phi) is 71.7. The van der Waals surface area contributed by atoms with Crippen LogP contribution in [0, 0.1) is 93.2 Å². The maximum Gasteiger partial charge on any atom is 1.00 e. The molecule has 1 saturated carbocycles. The molecule has 1 aliphatic heterocycles. The molecule has 3 rings (SSSR count). The SMILES string of the molecule is C#CC(C)(C)C.CC(C)(C)C#N.CC(C)(C)C=O.CC(C)C(O)C(=O)CC1CC1.CC(C)C(O)C(=O)CCc1ccccn1.CC(C)C(O)C(=O)N1CCCCC1.CC(C)C(O)C(N)=O.CC(C)C(O)CCl.CC(C)C(O)CF.CC(C)C(O)CO.CC(C)C(O)S(=O)(=O)[O-].[Na+]. The number of likely N-dealkylation sites (tertiary alicyclic amines) is 1. The second-order valence-corrected chi connectivity index (χ2v) is 31.0. The summed E-state index contributed by atoms with van der Waals surface area (Å²) in [6.07, 6.45) is 9.98. The molecular formula is C71H135ClFN4NaO17S. The molecule has 2 fully saturated rings. The van der Waals surface area contributed by atoms with Gasteiger partial charge in [0.1, 0.15) is 52.9 Å². The van der Waals surface area contributed by atoms with Gasteiger partial charge in [0.15, 0.2) is 11.6 Å². The summed E-state index contributed by atoms with van der Waals surface area (Å²) in [7, 11) is -4.50. The maximum atomic E-state index is 11.6. The molecular weight excluding hydrogens is 1290 g/mol. The fourth-order valence-electron chi connectivity index (χ4n) is 5.23. The van der Waals surface area contributed by atoms with Gasteiger partial charge in [-0.1, -0.05) is 138 Å². The molecule has 11 N–H and O–H groups in total. The molecule has 1 saturated heterocycles. The standard InChI is InChI=1S/C12H17NO2.C10H19NO2.C9H16O2.C6H10.C5H11ClO.C5H11FO.C5H11NO2.C5H9N.C5H12O2.C5H10O.C4H10O4S.Na/c1-9(2)12(15)11(14)7-6-10-5-3-4-8-13-10;1-8(2)9(12)10(13)11-6-4-3-5-7-11;1-6(2)9(11)8(10)5-7-3-4-7;1-5-6(2,3)4;2*1-4(2)5(7)3-6;1-3(2)4(7)5(6)8;1-5(2,3)4-6;1-4(2)5(7)3-6;1-5(2,3)4-6;1-3(2)4(5)9(6,7)8;/h3-5,8-9,12,15H,6-7H2,1-2H3;8-9,12H,3-7H2,1-2H3;6-7,9,11H,3-5H2,1-2H3;1H,2-4H3;2*4-5,7H,3H2,1-2H3;3-4,7H,1-2H3,(H2,6,8);1-3H3;4-7H,3H2,1-2H3;4H,1-3H3;3-5H,1-2H3,(H,6,7,8);/q;;;;;;;;;;;+1/p-1. The van der Waals surface area contributed by atoms with Crippen molar-refractivity contribution in [3.63, 3.8) is 0 Å². The number of primary amides is 1. The number of nitrogens with zero attached hydrogens (tertiary/aromatic N) is 3. The van der Waals surface area contributed by atoms with E-state index in [0.717, 1.165) is 37.9 Å². The largest absolute Gasteiger partial charge is 1.00 e. The number of aromatic nitrogens is 1. The van der Waals surface area contributed by atoms with Gasteiger partial charge in [-0.05, 0) is 145 Å². The fourth-order valence-corrected chi connectivity index (χ4v) is 6.25. The number of Topliss-reactive ketones (excluding diaryl/α,β-unsaturated/α-hetero) is 2. The fraction of sp³-hybridized carbons (Fsp3) is 0.817. The van der Waals surface area contributed by atoms with Crippen LogP contribution in [0.15, 0.2) is 24.4 Å². The average Bonchev–Trinajstić information content (AvgIpc) is 1.62. The van der Waals surface area contributed by atoms with Gasteiger partial charge in [-0.3, -0.25) is 24.2 Å². The van der Waals surface area contributed by atoms with Gasteiger partial charge >= 0.3 is 29.6 Å². The normalized spacial score (nSPS) is 15.1. The summed E-state index contributed by atoms with van der Waals surface area (Å²) in [6.45, 7) is 46.9. The third kappa shape index (κ3) is 76.7. The zero-order valence-corrected chi connectivity index (χ0v) is 67.4. The minimum Gasteiger partial charge on any atom is -0.746 e. The summed E-state index contributed by atoms with van der Waals surface area (Å²) in [4.78, 5) is 60.1. The molecule has 2 amide bonds. The second-order valence-electron chi connectivity index (χ2n) is 29.2. The van der Waals surface area contributed by atoms with Crippen molar-refractivity contribution in [2.24, 2.45) is 75.2 Å². The van der Waals surface area contributed by atoms with E-state index in [1.54, 1.807) is 38.8 Å². The van der Waals surface area contributed by atoms with Gasteiger partial charge in [-0.15, -0.1) is 23.9 Å². The molecule has 8 unspecified atom stereocenters. The topological polar surface area (TPSA) is 391 Å². The van der Waals surface area contributed by atoms with Crippen molar-refractivity contribution in [2.45, 2.75) is 273 Å². The Morgan fingerprint density at radius 1 is 0.677 bits per heavy atom. The molecule has 1 aromatic rings. The molecule has 1 aliphatic carbocycles. The van der Waals surface area contributed by atoms with Crippen molar-refractivity contribution in [3.05, 3.63) is 30.1 Å². The number of ketones is 2. The Labute approximate surface area is 608 Å². The number of amides is 2. The Morgan fingerprint density at radius 2 is 1.05 bits per heavy atom. The first-order valence-electron chi connectivity index (χ1n) is 33.0. The molecule has 21 nitrogen and oxygen atoms in total. The first-order chi connectivity index (χ1) is 43.0. The second kappa shape index (κ2) is 61.8. The van der Waals surface area contributed by atoms with E-state index in [1.165, 1.54) is 33.1 Å². The number of rotatable bonds is 21. The minimum absolute atomic E-state index is 0. The van der Waals surface area contributed by atoms with Crippen LogP contribution in [0.4, 0.5) is 4.39 Å². The van der Waals surface area contributed by atoms with E-state index in [4.69, 9.17) is 59.7 Å². The summed E-state index contributed by atoms with van der Waals surface area (Å²) < 4.78 is 41.3. The van der Waals surface area contributed by atoms with Crippen molar-refractivity contribution in [2.75, 3.05) is 32.3 Å². The van der Waals surface area contributed by atoms with Crippen molar-refractivity contribution in [1.29, 1.82) is 5.26 Å². The van der Waals surface area contributed by atoms with E-state index in [2.05, 4.69) is 17.0 Å². The zero-order valence-electron chi connectivity index (χ0n) is 63.8. The molecule has 0 bridgehead atoms. The first-order valence-corrected chi connectivity index (χ1v) is 35.0. The van der Waals surface area contributed by atoms with E-state index >= 15 is 0 Å². The molecule has 2 aliphatic rings. The molecule has 0 spiro atoms. The van der Waals surface area contributed by atoms with Crippen LogP contribution >= 0.6 is 11.6 Å². The number of carbonyl (C=O) groups excluding carboxylic acids is 5. The van der Waals surface area contributed by atoms with Crippen molar-refractivity contribution < 1.29 is 117 Å². The third-order valence-electron chi connectivity index (χ3n) is 12.7. The summed E-state index contributed by atoms with van der Waals surface area (Å²) in [5, 5.41) is 88.1. The minimum atomic E-state index is -4.50. The smallest absolute Gasteiger partial charge is 0.746 e. The van der Waals surface area contributed by atoms with Gasteiger partial charge < -0.3 is 65.9 Å². The van der Waals surface area contributed by atoms with Crippen LogP contribution in [0.5, 0.6) is 0 Å². The number of piperidine rings is 1. The zero-order chi connectivity index (χ0) is 77.1. The number of aryl methyl sites for hydroxylation is 1. The average molecular weight is 1430 g/mol. The summed E-state index contributed by atoms with van der Waals surface area (Å²) >= 11 is 5.30. The first kappa shape index (κ1) is 111. The molecule has 96 heavy (non-hydrogen) atoms. The third-order valence-corrected chi connectivity index (χ3v) is 14.2. The number of pyridine rings is 1. The van der Waals surface area contributed by atoms with Crippen LogP contribution in [-0.4, -0.2) is 179 Å². The van der Waals surface area contributed by atoms with E-state index in [-0.39, 0.29) is 117 Å². The maximum absolute atomic E-state index is 11.6. The van der Waals surface area contributed by atoms with Gasteiger partial charge in [0.25, 0.3) is 5.91 Å². The number of alkyl halides is 2. The Bertz CT molecular complexity index is 2220. The van der Waals surface area contributed by atoms with Gasteiger partial charge in [-0.2, -0.15) is 5.26 Å². The van der Waals surface area contributed by atoms with Crippen LogP contribution in [0.25, 0.3) is 0 Å². The van der Waals surface area contributed by atoms with Gasteiger partial charge in [0.2, 0.25) is 5.91 Å². The van der Waals surface area contributed by atoms with E-state index in [9.17, 15) is 56.7 Å². The number of aliphatic hydroxyl groups excluding tert-OH is 9. The van der Waals surface area contributed by atoms with Crippen LogP contribution in [0.3, 0.4) is 0 Å².